The van der Waals surface area contributed by atoms with Gasteiger partial charge in [-0.25, -0.2) is 9.59 Å². The molecule has 4 rings (SSSR count). The largest absolute Gasteiger partial charge is 0.465 e. The Morgan fingerprint density at radius 2 is 1.69 bits per heavy atom. The number of aliphatic hydroxyl groups is 1. The minimum absolute atomic E-state index is 0.148. The van der Waals surface area contributed by atoms with Crippen LogP contribution in [0.5, 0.6) is 0 Å². The van der Waals surface area contributed by atoms with Crippen LogP contribution in [0.1, 0.15) is 34.3 Å². The lowest BCUT2D eigenvalue weighted by molar-refractivity contribution is 0.0322. The zero-order chi connectivity index (χ0) is 20.6. The summed E-state index contributed by atoms with van der Waals surface area (Å²) in [6.45, 7) is 3.32. The SMILES string of the molecule is COC(=O)c1ccc(NC(=O)N2CC3CC(O)(c4ccccc4C)CC3C2)cc1. The highest BCUT2D eigenvalue weighted by Gasteiger charge is 2.50. The van der Waals surface area contributed by atoms with Crippen molar-refractivity contribution in [2.24, 2.45) is 11.8 Å². The summed E-state index contributed by atoms with van der Waals surface area (Å²) in [5.41, 5.74) is 2.40. The quantitative estimate of drug-likeness (QED) is 0.781. The van der Waals surface area contributed by atoms with Gasteiger partial charge < -0.3 is 20.1 Å². The molecule has 2 N–H and O–H groups in total. The maximum atomic E-state index is 12.7. The van der Waals surface area contributed by atoms with Crippen LogP contribution in [0.15, 0.2) is 48.5 Å². The predicted molar refractivity (Wildman–Crippen MR) is 110 cm³/mol. The van der Waals surface area contributed by atoms with Gasteiger partial charge in [0.25, 0.3) is 0 Å². The highest BCUT2D eigenvalue weighted by atomic mass is 16.5. The molecular formula is C23H26N2O4. The maximum Gasteiger partial charge on any atom is 0.337 e. The van der Waals surface area contributed by atoms with Gasteiger partial charge in [-0.1, -0.05) is 24.3 Å². The van der Waals surface area contributed by atoms with Gasteiger partial charge in [-0.3, -0.25) is 0 Å². The van der Waals surface area contributed by atoms with E-state index in [0.29, 0.717) is 49.0 Å². The number of carbonyl (C=O) groups excluding carboxylic acids is 2. The van der Waals surface area contributed by atoms with Gasteiger partial charge in [0.2, 0.25) is 0 Å². The first-order valence-corrected chi connectivity index (χ1v) is 9.92. The van der Waals surface area contributed by atoms with Gasteiger partial charge >= 0.3 is 12.0 Å². The lowest BCUT2D eigenvalue weighted by Crippen LogP contribution is -2.35. The molecule has 0 radical (unpaired) electrons. The van der Waals surface area contributed by atoms with Gasteiger partial charge in [0.1, 0.15) is 0 Å². The molecule has 0 aromatic heterocycles. The van der Waals surface area contributed by atoms with Crippen molar-refractivity contribution in [1.29, 1.82) is 0 Å². The van der Waals surface area contributed by atoms with Crippen molar-refractivity contribution in [2.75, 3.05) is 25.5 Å². The third kappa shape index (κ3) is 3.72. The number of esters is 1. The van der Waals surface area contributed by atoms with Crippen molar-refractivity contribution in [2.45, 2.75) is 25.4 Å². The monoisotopic (exact) mass is 394 g/mol. The third-order valence-electron chi connectivity index (χ3n) is 6.27. The molecule has 1 heterocycles. The number of likely N-dealkylation sites (tertiary alicyclic amines) is 1. The van der Waals surface area contributed by atoms with Gasteiger partial charge in [-0.15, -0.1) is 0 Å². The Bertz CT molecular complexity index is 911. The summed E-state index contributed by atoms with van der Waals surface area (Å²) in [4.78, 5) is 26.0. The van der Waals surface area contributed by atoms with E-state index in [1.165, 1.54) is 7.11 Å². The summed E-state index contributed by atoms with van der Waals surface area (Å²) in [6, 6.07) is 14.5. The normalized spacial score (nSPS) is 25.6. The Balaban J connectivity index is 1.37. The Hall–Kier alpha value is -2.86. The first-order valence-electron chi connectivity index (χ1n) is 9.92. The topological polar surface area (TPSA) is 78.9 Å². The molecule has 6 nitrogen and oxygen atoms in total. The van der Waals surface area contributed by atoms with Crippen LogP contribution in [0, 0.1) is 18.8 Å². The summed E-state index contributed by atoms with van der Waals surface area (Å²) in [7, 11) is 1.34. The zero-order valence-electron chi connectivity index (χ0n) is 16.7. The fraction of sp³-hybridized carbons (Fsp3) is 0.391. The van der Waals surface area contributed by atoms with Crippen LogP contribution in [0.25, 0.3) is 0 Å². The average molecular weight is 394 g/mol. The molecule has 1 saturated carbocycles. The van der Waals surface area contributed by atoms with Crippen molar-refractivity contribution < 1.29 is 19.4 Å². The van der Waals surface area contributed by atoms with Gasteiger partial charge in [-0.2, -0.15) is 0 Å². The number of nitrogens with one attached hydrogen (secondary N) is 1. The molecule has 2 fully saturated rings. The van der Waals surface area contributed by atoms with Crippen molar-refractivity contribution >= 4 is 17.7 Å². The van der Waals surface area contributed by atoms with Crippen LogP contribution in [0.3, 0.4) is 0 Å². The molecule has 1 aliphatic carbocycles. The number of nitrogens with zero attached hydrogens (tertiary/aromatic N) is 1. The number of methoxy groups -OCH3 is 1. The molecular weight excluding hydrogens is 368 g/mol. The molecule has 2 unspecified atom stereocenters. The van der Waals surface area contributed by atoms with E-state index in [4.69, 9.17) is 0 Å². The molecule has 29 heavy (non-hydrogen) atoms. The van der Waals surface area contributed by atoms with Gasteiger partial charge in [-0.05, 0) is 67.0 Å². The summed E-state index contributed by atoms with van der Waals surface area (Å²) < 4.78 is 4.68. The summed E-state index contributed by atoms with van der Waals surface area (Å²) >= 11 is 0. The summed E-state index contributed by atoms with van der Waals surface area (Å²) in [5.74, 6) is 0.190. The van der Waals surface area contributed by atoms with Crippen LogP contribution in [-0.4, -0.2) is 42.2 Å². The Kier molecular flexibility index (Phi) is 5.04. The van der Waals surface area contributed by atoms with E-state index in [0.717, 1.165) is 11.1 Å². The highest BCUT2D eigenvalue weighted by molar-refractivity contribution is 5.92. The van der Waals surface area contributed by atoms with E-state index < -0.39 is 11.6 Å². The second-order valence-corrected chi connectivity index (χ2v) is 8.18. The number of ether oxygens (including phenoxy) is 1. The minimum Gasteiger partial charge on any atom is -0.465 e. The van der Waals surface area contributed by atoms with E-state index >= 15 is 0 Å². The van der Waals surface area contributed by atoms with E-state index in [1.54, 1.807) is 24.3 Å². The second kappa shape index (κ2) is 7.52. The molecule has 2 aromatic rings. The van der Waals surface area contributed by atoms with Crippen LogP contribution in [0.2, 0.25) is 0 Å². The molecule has 1 saturated heterocycles. The molecule has 0 spiro atoms. The minimum atomic E-state index is -0.799. The number of rotatable bonds is 3. The summed E-state index contributed by atoms with van der Waals surface area (Å²) in [5, 5.41) is 14.1. The fourth-order valence-electron chi connectivity index (χ4n) is 4.84. The van der Waals surface area contributed by atoms with Gasteiger partial charge in [0.05, 0.1) is 18.3 Å². The van der Waals surface area contributed by atoms with Gasteiger partial charge in [0.15, 0.2) is 0 Å². The second-order valence-electron chi connectivity index (χ2n) is 8.18. The van der Waals surface area contributed by atoms with Crippen molar-refractivity contribution in [3.05, 3.63) is 65.2 Å². The predicted octanol–water partition coefficient (Wildman–Crippen LogP) is 3.54. The number of urea groups is 1. The number of aryl methyl sites for hydroxylation is 1. The van der Waals surface area contributed by atoms with Crippen LogP contribution in [0.4, 0.5) is 10.5 Å². The van der Waals surface area contributed by atoms with E-state index in [2.05, 4.69) is 10.1 Å². The van der Waals surface area contributed by atoms with E-state index in [9.17, 15) is 14.7 Å². The number of hydrogen-bond acceptors (Lipinski definition) is 4. The summed E-state index contributed by atoms with van der Waals surface area (Å²) in [6.07, 6.45) is 1.36. The highest BCUT2D eigenvalue weighted by Crippen LogP contribution is 2.49. The average Bonchev–Trinajstić information content (AvgIpc) is 3.24. The first-order chi connectivity index (χ1) is 13.9. The molecule has 1 aliphatic heterocycles. The standard InChI is InChI=1S/C23H26N2O4/c1-15-5-3-4-6-20(15)23(28)11-17-13-25(14-18(17)12-23)22(27)24-19-9-7-16(8-10-19)21(26)29-2/h3-10,17-18,28H,11-14H2,1-2H3,(H,24,27). The molecule has 2 amide bonds. The molecule has 6 heteroatoms. The Morgan fingerprint density at radius 1 is 1.07 bits per heavy atom. The van der Waals surface area contributed by atoms with Gasteiger partial charge in [0, 0.05) is 18.8 Å². The number of hydrogen-bond donors (Lipinski definition) is 2. The van der Waals surface area contributed by atoms with E-state index in [-0.39, 0.29) is 6.03 Å². The molecule has 2 aliphatic rings. The Morgan fingerprint density at radius 3 is 2.28 bits per heavy atom. The lowest BCUT2D eigenvalue weighted by Gasteiger charge is -2.28. The zero-order valence-corrected chi connectivity index (χ0v) is 16.7. The third-order valence-corrected chi connectivity index (χ3v) is 6.27. The van der Waals surface area contributed by atoms with Crippen LogP contribution in [-0.2, 0) is 10.3 Å². The number of fused-ring (bicyclic) bond motifs is 1. The fourth-order valence-corrected chi connectivity index (χ4v) is 4.84. The molecule has 2 atom stereocenters. The smallest absolute Gasteiger partial charge is 0.337 e. The number of anilines is 1. The number of amides is 2. The Labute approximate surface area is 170 Å². The number of carbonyl (C=O) groups is 2. The van der Waals surface area contributed by atoms with Crippen molar-refractivity contribution in [3.63, 3.8) is 0 Å². The number of benzene rings is 2. The van der Waals surface area contributed by atoms with Crippen LogP contribution < -0.4 is 5.32 Å². The van der Waals surface area contributed by atoms with E-state index in [1.807, 2.05) is 36.1 Å². The van der Waals surface area contributed by atoms with Crippen LogP contribution >= 0.6 is 0 Å². The van der Waals surface area contributed by atoms with Crippen molar-refractivity contribution in [3.8, 4) is 0 Å². The maximum absolute atomic E-state index is 12.7. The lowest BCUT2D eigenvalue weighted by atomic mass is 9.87. The first kappa shape index (κ1) is 19.5. The molecule has 0 bridgehead atoms. The molecule has 2 aromatic carbocycles. The van der Waals surface area contributed by atoms with Crippen molar-refractivity contribution in [1.82, 2.24) is 4.90 Å². The molecule has 152 valence electrons.